The van der Waals surface area contributed by atoms with E-state index in [9.17, 15) is 9.59 Å². The van der Waals surface area contributed by atoms with Gasteiger partial charge in [0.15, 0.2) is 0 Å². The fourth-order valence-corrected chi connectivity index (χ4v) is 2.22. The highest BCUT2D eigenvalue weighted by atomic mass is 35.5. The summed E-state index contributed by atoms with van der Waals surface area (Å²) < 4.78 is 0. The van der Waals surface area contributed by atoms with Crippen molar-refractivity contribution in [2.75, 3.05) is 0 Å². The lowest BCUT2D eigenvalue weighted by Crippen LogP contribution is -2.30. The molecule has 0 saturated carbocycles. The second-order valence-electron chi connectivity index (χ2n) is 5.12. The van der Waals surface area contributed by atoms with Crippen molar-refractivity contribution < 1.29 is 9.59 Å². The fourth-order valence-electron chi connectivity index (χ4n) is 1.95. The maximum absolute atomic E-state index is 12.0. The predicted octanol–water partition coefficient (Wildman–Crippen LogP) is 2.64. The molecule has 0 unspecified atom stereocenters. The summed E-state index contributed by atoms with van der Waals surface area (Å²) in [5.74, 6) is -0.756. The van der Waals surface area contributed by atoms with Crippen molar-refractivity contribution in [2.45, 2.75) is 19.9 Å². The number of benzene rings is 1. The molecule has 0 bridgehead atoms. The van der Waals surface area contributed by atoms with Gasteiger partial charge in [0, 0.05) is 23.4 Å². The van der Waals surface area contributed by atoms with Crippen LogP contribution in [0.2, 0.25) is 5.02 Å². The van der Waals surface area contributed by atoms with E-state index in [-0.39, 0.29) is 22.5 Å². The molecule has 0 saturated heterocycles. The average molecular weight is 318 g/mol. The lowest BCUT2D eigenvalue weighted by molar-refractivity contribution is 0.0942. The van der Waals surface area contributed by atoms with Crippen LogP contribution in [0, 0.1) is 0 Å². The number of carbonyl (C=O) groups excluding carboxylic acids is 2. The highest BCUT2D eigenvalue weighted by Crippen LogP contribution is 2.24. The average Bonchev–Trinajstić information content (AvgIpc) is 2.46. The molecule has 2 rings (SSSR count). The van der Waals surface area contributed by atoms with Crippen molar-refractivity contribution in [1.29, 1.82) is 0 Å². The van der Waals surface area contributed by atoms with Crippen LogP contribution >= 0.6 is 11.6 Å². The van der Waals surface area contributed by atoms with Crippen LogP contribution in [0.1, 0.15) is 34.6 Å². The highest BCUT2D eigenvalue weighted by molar-refractivity contribution is 6.34. The Balaban J connectivity index is 2.36. The zero-order chi connectivity index (χ0) is 16.3. The van der Waals surface area contributed by atoms with Gasteiger partial charge in [-0.15, -0.1) is 0 Å². The van der Waals surface area contributed by atoms with E-state index in [0.717, 1.165) is 0 Å². The van der Waals surface area contributed by atoms with Crippen molar-refractivity contribution in [3.05, 3.63) is 52.7 Å². The molecule has 0 aliphatic heterocycles. The Labute approximate surface area is 133 Å². The zero-order valence-corrected chi connectivity index (χ0v) is 13.0. The van der Waals surface area contributed by atoms with E-state index >= 15 is 0 Å². The number of aromatic nitrogens is 1. The Hall–Kier alpha value is -2.40. The number of nitrogens with zero attached hydrogens (tertiary/aromatic N) is 1. The predicted molar refractivity (Wildman–Crippen MR) is 85.8 cm³/mol. The Morgan fingerprint density at radius 2 is 1.95 bits per heavy atom. The topological polar surface area (TPSA) is 85.1 Å². The van der Waals surface area contributed by atoms with Crippen LogP contribution in [0.5, 0.6) is 0 Å². The molecule has 0 aliphatic carbocycles. The minimum atomic E-state index is -0.588. The zero-order valence-electron chi connectivity index (χ0n) is 12.3. The standard InChI is InChI=1S/C16H16ClN3O2/c1-9(2)20-16(22)11-5-6-19-14(8-11)10-3-4-12(15(18)21)13(17)7-10/h3-9H,1-2H3,(H2,18,21)(H,20,22). The van der Waals surface area contributed by atoms with Gasteiger partial charge in [0.25, 0.3) is 5.91 Å². The third kappa shape index (κ3) is 3.62. The number of primary amides is 1. The van der Waals surface area contributed by atoms with Crippen molar-refractivity contribution in [2.24, 2.45) is 5.73 Å². The molecule has 22 heavy (non-hydrogen) atoms. The van der Waals surface area contributed by atoms with Gasteiger partial charge < -0.3 is 11.1 Å². The normalized spacial score (nSPS) is 10.5. The Morgan fingerprint density at radius 3 is 2.55 bits per heavy atom. The summed E-state index contributed by atoms with van der Waals surface area (Å²) in [6, 6.07) is 8.21. The molecule has 0 fully saturated rings. The number of nitrogens with one attached hydrogen (secondary N) is 1. The number of nitrogens with two attached hydrogens (primary N) is 1. The van der Waals surface area contributed by atoms with Crippen LogP contribution in [0.3, 0.4) is 0 Å². The van der Waals surface area contributed by atoms with Gasteiger partial charge in [-0.25, -0.2) is 0 Å². The van der Waals surface area contributed by atoms with Gasteiger partial charge in [0.1, 0.15) is 0 Å². The Morgan fingerprint density at radius 1 is 1.23 bits per heavy atom. The number of halogens is 1. The molecular weight excluding hydrogens is 302 g/mol. The highest BCUT2D eigenvalue weighted by Gasteiger charge is 2.11. The van der Waals surface area contributed by atoms with Crippen LogP contribution in [0.4, 0.5) is 0 Å². The third-order valence-electron chi connectivity index (χ3n) is 2.97. The lowest BCUT2D eigenvalue weighted by atomic mass is 10.1. The molecule has 3 N–H and O–H groups in total. The molecule has 1 heterocycles. The minimum Gasteiger partial charge on any atom is -0.366 e. The number of pyridine rings is 1. The van der Waals surface area contributed by atoms with E-state index in [1.807, 2.05) is 13.8 Å². The summed E-state index contributed by atoms with van der Waals surface area (Å²) in [4.78, 5) is 27.4. The third-order valence-corrected chi connectivity index (χ3v) is 3.28. The summed E-state index contributed by atoms with van der Waals surface area (Å²) in [6.45, 7) is 3.78. The Bertz CT molecular complexity index is 729. The Kier molecular flexibility index (Phi) is 4.78. The van der Waals surface area contributed by atoms with E-state index in [4.69, 9.17) is 17.3 Å². The molecule has 114 valence electrons. The molecule has 6 heteroatoms. The van der Waals surface area contributed by atoms with Gasteiger partial charge in [-0.1, -0.05) is 17.7 Å². The van der Waals surface area contributed by atoms with Crippen LogP contribution in [-0.4, -0.2) is 22.8 Å². The van der Waals surface area contributed by atoms with Gasteiger partial charge in [-0.05, 0) is 38.1 Å². The lowest BCUT2D eigenvalue weighted by Gasteiger charge is -2.09. The number of hydrogen-bond acceptors (Lipinski definition) is 3. The van der Waals surface area contributed by atoms with Crippen molar-refractivity contribution in [1.82, 2.24) is 10.3 Å². The van der Waals surface area contributed by atoms with Crippen molar-refractivity contribution >= 4 is 23.4 Å². The van der Waals surface area contributed by atoms with Crippen LogP contribution < -0.4 is 11.1 Å². The van der Waals surface area contributed by atoms with Gasteiger partial charge in [-0.2, -0.15) is 0 Å². The molecule has 0 radical (unpaired) electrons. The van der Waals surface area contributed by atoms with E-state index in [2.05, 4.69) is 10.3 Å². The largest absolute Gasteiger partial charge is 0.366 e. The molecule has 2 amide bonds. The summed E-state index contributed by atoms with van der Waals surface area (Å²) in [7, 11) is 0. The van der Waals surface area contributed by atoms with Crippen molar-refractivity contribution in [3.63, 3.8) is 0 Å². The first-order valence-electron chi connectivity index (χ1n) is 6.75. The number of hydrogen-bond donors (Lipinski definition) is 2. The summed E-state index contributed by atoms with van der Waals surface area (Å²) in [5, 5.41) is 3.07. The van der Waals surface area contributed by atoms with Gasteiger partial charge in [0.2, 0.25) is 5.91 Å². The van der Waals surface area contributed by atoms with Crippen LogP contribution in [0.25, 0.3) is 11.3 Å². The van der Waals surface area contributed by atoms with Crippen LogP contribution in [-0.2, 0) is 0 Å². The summed E-state index contributed by atoms with van der Waals surface area (Å²) in [6.07, 6.45) is 1.56. The maximum Gasteiger partial charge on any atom is 0.251 e. The van der Waals surface area contributed by atoms with Gasteiger partial charge in [0.05, 0.1) is 16.3 Å². The second kappa shape index (κ2) is 6.58. The number of amides is 2. The first-order valence-corrected chi connectivity index (χ1v) is 7.13. The number of carbonyl (C=O) groups is 2. The molecule has 1 aromatic heterocycles. The molecule has 1 aromatic carbocycles. The van der Waals surface area contributed by atoms with Gasteiger partial charge in [-0.3, -0.25) is 14.6 Å². The quantitative estimate of drug-likeness (QED) is 0.909. The van der Waals surface area contributed by atoms with E-state index in [0.29, 0.717) is 16.8 Å². The van der Waals surface area contributed by atoms with E-state index in [1.54, 1.807) is 36.5 Å². The molecule has 0 atom stereocenters. The number of rotatable bonds is 4. The molecular formula is C16H16ClN3O2. The van der Waals surface area contributed by atoms with Crippen LogP contribution in [0.15, 0.2) is 36.5 Å². The summed E-state index contributed by atoms with van der Waals surface area (Å²) >= 11 is 6.04. The molecule has 2 aromatic rings. The first kappa shape index (κ1) is 16.0. The van der Waals surface area contributed by atoms with E-state index < -0.39 is 5.91 Å². The minimum absolute atomic E-state index is 0.0495. The molecule has 0 aliphatic rings. The smallest absolute Gasteiger partial charge is 0.251 e. The SMILES string of the molecule is CC(C)NC(=O)c1ccnc(-c2ccc(C(N)=O)c(Cl)c2)c1. The monoisotopic (exact) mass is 317 g/mol. The van der Waals surface area contributed by atoms with Gasteiger partial charge >= 0.3 is 0 Å². The maximum atomic E-state index is 12.0. The summed E-state index contributed by atoms with van der Waals surface area (Å²) in [5.41, 5.74) is 7.27. The molecule has 0 spiro atoms. The molecule has 5 nitrogen and oxygen atoms in total. The van der Waals surface area contributed by atoms with E-state index in [1.165, 1.54) is 0 Å². The first-order chi connectivity index (χ1) is 10.4. The van der Waals surface area contributed by atoms with Crippen molar-refractivity contribution in [3.8, 4) is 11.3 Å². The second-order valence-corrected chi connectivity index (χ2v) is 5.52. The fraction of sp³-hybridized carbons (Fsp3) is 0.188.